The summed E-state index contributed by atoms with van der Waals surface area (Å²) < 4.78 is 2.47. The number of rotatable bonds is 1. The van der Waals surface area contributed by atoms with Crippen LogP contribution in [0.25, 0.3) is 5.69 Å². The second-order valence-corrected chi connectivity index (χ2v) is 9.50. The summed E-state index contributed by atoms with van der Waals surface area (Å²) in [7, 11) is 2.75. The van der Waals surface area contributed by atoms with Crippen molar-refractivity contribution in [3.05, 3.63) is 40.8 Å². The summed E-state index contributed by atoms with van der Waals surface area (Å²) in [6, 6.07) is 10.7. The van der Waals surface area contributed by atoms with Crippen LogP contribution in [0.2, 0.25) is 0 Å². The Bertz CT molecular complexity index is 557. The summed E-state index contributed by atoms with van der Waals surface area (Å²) in [5, 5.41) is 1.58. The third-order valence-electron chi connectivity index (χ3n) is 2.95. The van der Waals surface area contributed by atoms with E-state index in [2.05, 4.69) is 76.2 Å². The molecule has 0 fully saturated rings. The molecular weight excluding hydrogens is 268 g/mol. The molecule has 0 unspecified atom stereocenters. The summed E-state index contributed by atoms with van der Waals surface area (Å²) >= 11 is 0. The van der Waals surface area contributed by atoms with Crippen LogP contribution in [-0.4, -0.2) is 4.33 Å². The predicted octanol–water partition coefficient (Wildman–Crippen LogP) is 6.23. The van der Waals surface area contributed by atoms with Crippen LogP contribution in [0.3, 0.4) is 0 Å². The summed E-state index contributed by atoms with van der Waals surface area (Å²) in [6.45, 7) is 13.9. The van der Waals surface area contributed by atoms with Gasteiger partial charge in [0.15, 0.2) is 0 Å². The minimum Gasteiger partial charge on any atom is -0.291 e. The maximum absolute atomic E-state index is 2.47. The summed E-state index contributed by atoms with van der Waals surface area (Å²) in [5.74, 6) is 0. The normalized spacial score (nSPS) is 13.6. The highest BCUT2D eigenvalue weighted by Gasteiger charge is 2.26. The Hall–Kier alpha value is -0.640. The molecule has 1 aromatic carbocycles. The SMILES string of the molecule is CC(C)(C)c1pc(C(C)(C)C)n(-c2ccccc2)p1. The van der Waals surface area contributed by atoms with Gasteiger partial charge in [-0.1, -0.05) is 59.7 Å². The smallest absolute Gasteiger partial charge is 0.0599 e. The van der Waals surface area contributed by atoms with E-state index in [1.807, 2.05) is 0 Å². The largest absolute Gasteiger partial charge is 0.291 e. The highest BCUT2D eigenvalue weighted by Crippen LogP contribution is 2.46. The van der Waals surface area contributed by atoms with E-state index < -0.39 is 0 Å². The van der Waals surface area contributed by atoms with Crippen LogP contribution in [0.5, 0.6) is 0 Å². The zero-order valence-electron chi connectivity index (χ0n) is 12.7. The molecule has 3 heteroatoms. The molecule has 19 heavy (non-hydrogen) atoms. The van der Waals surface area contributed by atoms with Gasteiger partial charge in [0, 0.05) is 24.5 Å². The highest BCUT2D eigenvalue weighted by molar-refractivity contribution is 7.47. The third-order valence-corrected chi connectivity index (χ3v) is 7.13. The van der Waals surface area contributed by atoms with Crippen molar-refractivity contribution in [1.29, 1.82) is 0 Å². The topological polar surface area (TPSA) is 4.93 Å². The molecule has 0 radical (unpaired) electrons. The van der Waals surface area contributed by atoms with Gasteiger partial charge in [-0.2, -0.15) is 0 Å². The average molecular weight is 291 g/mol. The lowest BCUT2D eigenvalue weighted by Crippen LogP contribution is -2.13. The van der Waals surface area contributed by atoms with E-state index in [9.17, 15) is 0 Å². The van der Waals surface area contributed by atoms with E-state index in [1.54, 1.807) is 5.03 Å². The quantitative estimate of drug-likeness (QED) is 0.586. The van der Waals surface area contributed by atoms with Gasteiger partial charge in [-0.05, 0) is 25.7 Å². The lowest BCUT2D eigenvalue weighted by atomic mass is 9.98. The maximum atomic E-state index is 2.47. The van der Waals surface area contributed by atoms with E-state index in [0.717, 1.165) is 0 Å². The van der Waals surface area contributed by atoms with Crippen LogP contribution in [0.1, 0.15) is 52.0 Å². The van der Waals surface area contributed by atoms with Crippen LogP contribution in [0.4, 0.5) is 0 Å². The molecule has 0 spiro atoms. The first-order valence-corrected chi connectivity index (χ1v) is 8.47. The van der Waals surface area contributed by atoms with Crippen molar-refractivity contribution >= 4 is 16.5 Å². The Morgan fingerprint density at radius 3 is 1.89 bits per heavy atom. The number of aromatic nitrogens is 1. The van der Waals surface area contributed by atoms with Gasteiger partial charge in [0.25, 0.3) is 0 Å². The molecule has 1 nitrogen and oxygen atoms in total. The van der Waals surface area contributed by atoms with E-state index in [-0.39, 0.29) is 10.8 Å². The zero-order valence-corrected chi connectivity index (χ0v) is 14.5. The molecule has 2 rings (SSSR count). The predicted molar refractivity (Wildman–Crippen MR) is 88.2 cm³/mol. The Morgan fingerprint density at radius 2 is 1.42 bits per heavy atom. The standard InChI is InChI=1S/C16H23NP2/c1-15(2,3)13-17(12-10-8-7-9-11-12)19-14(18-13)16(4,5)6/h7-11H,1-6H3. The van der Waals surface area contributed by atoms with Crippen molar-refractivity contribution in [3.63, 3.8) is 0 Å². The summed E-state index contributed by atoms with van der Waals surface area (Å²) in [6.07, 6.45) is 0. The fraction of sp³-hybridized carbons (Fsp3) is 0.500. The van der Waals surface area contributed by atoms with Crippen molar-refractivity contribution in [2.45, 2.75) is 52.4 Å². The number of hydrogen-bond acceptors (Lipinski definition) is 0. The Morgan fingerprint density at radius 1 is 0.842 bits per heavy atom. The molecular formula is C16H23NP2. The molecule has 0 bridgehead atoms. The molecule has 0 atom stereocenters. The fourth-order valence-electron chi connectivity index (χ4n) is 1.86. The molecule has 0 saturated carbocycles. The van der Waals surface area contributed by atoms with Gasteiger partial charge in [-0.25, -0.2) is 0 Å². The number of hydrogen-bond donors (Lipinski definition) is 0. The van der Waals surface area contributed by atoms with Gasteiger partial charge >= 0.3 is 0 Å². The third kappa shape index (κ3) is 3.28. The first-order valence-electron chi connectivity index (χ1n) is 6.73. The first-order chi connectivity index (χ1) is 8.69. The van der Waals surface area contributed by atoms with Crippen LogP contribution in [0.15, 0.2) is 30.3 Å². The second-order valence-electron chi connectivity index (χ2n) is 7.01. The minimum atomic E-state index is 0.206. The molecule has 0 aliphatic heterocycles. The average Bonchev–Trinajstić information content (AvgIpc) is 2.74. The van der Waals surface area contributed by atoms with Gasteiger partial charge < -0.3 is 0 Å². The molecule has 102 valence electrons. The van der Waals surface area contributed by atoms with Crippen LogP contribution in [-0.2, 0) is 10.8 Å². The van der Waals surface area contributed by atoms with Crippen molar-refractivity contribution in [3.8, 4) is 5.69 Å². The lowest BCUT2D eigenvalue weighted by Gasteiger charge is -2.20. The van der Waals surface area contributed by atoms with Crippen molar-refractivity contribution in [1.82, 2.24) is 4.33 Å². The van der Waals surface area contributed by atoms with Gasteiger partial charge in [0.1, 0.15) is 0 Å². The summed E-state index contributed by atoms with van der Waals surface area (Å²) in [4.78, 5) is 0. The van der Waals surface area contributed by atoms with Crippen molar-refractivity contribution in [2.24, 2.45) is 0 Å². The monoisotopic (exact) mass is 291 g/mol. The second kappa shape index (κ2) is 5.04. The Labute approximate surface area is 120 Å². The van der Waals surface area contributed by atoms with Gasteiger partial charge in [-0.3, -0.25) is 4.33 Å². The van der Waals surface area contributed by atoms with Gasteiger partial charge in [-0.15, -0.1) is 0 Å². The number of benzene rings is 1. The molecule has 1 heterocycles. The first kappa shape index (κ1) is 14.8. The van der Waals surface area contributed by atoms with Gasteiger partial charge in [0.2, 0.25) is 0 Å². The summed E-state index contributed by atoms with van der Waals surface area (Å²) in [5.41, 5.74) is 3.28. The zero-order chi connectivity index (χ0) is 14.3. The fourth-order valence-corrected chi connectivity index (χ4v) is 5.08. The molecule has 0 N–H and O–H groups in total. The molecule has 2 aromatic rings. The number of para-hydroxylation sites is 1. The van der Waals surface area contributed by atoms with Crippen molar-refractivity contribution in [2.75, 3.05) is 0 Å². The number of nitrogens with zero attached hydrogens (tertiary/aromatic N) is 1. The van der Waals surface area contributed by atoms with E-state index in [1.165, 1.54) is 27.7 Å². The minimum absolute atomic E-state index is 0.206. The maximum Gasteiger partial charge on any atom is 0.0599 e. The highest BCUT2D eigenvalue weighted by atomic mass is 31.1. The van der Waals surface area contributed by atoms with E-state index in [0.29, 0.717) is 0 Å². The van der Waals surface area contributed by atoms with Crippen LogP contribution in [0, 0.1) is 0 Å². The van der Waals surface area contributed by atoms with Gasteiger partial charge in [0.05, 0.1) is 5.43 Å². The Kier molecular flexibility index (Phi) is 3.92. The lowest BCUT2D eigenvalue weighted by molar-refractivity contribution is 0.577. The van der Waals surface area contributed by atoms with E-state index in [4.69, 9.17) is 0 Å². The molecule has 0 aliphatic rings. The van der Waals surface area contributed by atoms with E-state index >= 15 is 0 Å². The molecule has 0 aliphatic carbocycles. The molecule has 0 saturated heterocycles. The molecule has 1 aromatic heterocycles. The molecule has 0 amide bonds. The van der Waals surface area contributed by atoms with Crippen LogP contribution < -0.4 is 0 Å². The van der Waals surface area contributed by atoms with Crippen LogP contribution >= 0.6 is 16.5 Å². The van der Waals surface area contributed by atoms with Crippen molar-refractivity contribution < 1.29 is 0 Å². The Balaban J connectivity index is 2.63.